The van der Waals surface area contributed by atoms with Gasteiger partial charge in [-0.15, -0.1) is 0 Å². The fourth-order valence-corrected chi connectivity index (χ4v) is 2.91. The lowest BCUT2D eigenvalue weighted by Gasteiger charge is -2.26. The van der Waals surface area contributed by atoms with Crippen molar-refractivity contribution in [2.75, 3.05) is 18.0 Å². The molecule has 3 rings (SSSR count). The molecule has 0 bridgehead atoms. The molecule has 1 aliphatic rings. The highest BCUT2D eigenvalue weighted by Crippen LogP contribution is 2.29. The highest BCUT2D eigenvalue weighted by molar-refractivity contribution is 5.93. The van der Waals surface area contributed by atoms with E-state index in [4.69, 9.17) is 4.84 Å². The zero-order valence-electron chi connectivity index (χ0n) is 16.9. The fourth-order valence-electron chi connectivity index (χ4n) is 2.91. The van der Waals surface area contributed by atoms with Gasteiger partial charge in [-0.3, -0.25) is 14.4 Å². The van der Waals surface area contributed by atoms with Crippen LogP contribution in [0.1, 0.15) is 36.1 Å². The fraction of sp³-hybridized carbons (Fsp3) is 0.368. The summed E-state index contributed by atoms with van der Waals surface area (Å²) < 4.78 is 76.4. The third-order valence-electron chi connectivity index (χ3n) is 4.78. The van der Waals surface area contributed by atoms with Crippen molar-refractivity contribution in [2.45, 2.75) is 31.8 Å². The minimum absolute atomic E-state index is 0.00882. The van der Waals surface area contributed by atoms with E-state index in [1.165, 1.54) is 13.0 Å². The first-order chi connectivity index (χ1) is 15.4. The van der Waals surface area contributed by atoms with Gasteiger partial charge in [0.15, 0.2) is 0 Å². The average Bonchev–Trinajstić information content (AvgIpc) is 2.76. The van der Waals surface area contributed by atoms with Crippen molar-refractivity contribution in [3.8, 4) is 0 Å². The first kappa shape index (κ1) is 24.2. The Balaban J connectivity index is 1.57. The Morgan fingerprint density at radius 3 is 2.39 bits per heavy atom. The van der Waals surface area contributed by atoms with Gasteiger partial charge in [0.25, 0.3) is 11.5 Å². The van der Waals surface area contributed by atoms with Gasteiger partial charge in [0.2, 0.25) is 5.95 Å². The van der Waals surface area contributed by atoms with Gasteiger partial charge in [0.1, 0.15) is 11.7 Å². The van der Waals surface area contributed by atoms with Gasteiger partial charge in [-0.25, -0.2) is 15.4 Å². The van der Waals surface area contributed by atoms with Crippen molar-refractivity contribution >= 4 is 11.9 Å². The summed E-state index contributed by atoms with van der Waals surface area (Å²) in [4.78, 5) is 39.7. The minimum Gasteiger partial charge on any atom is -0.337 e. The molecule has 0 radical (unpaired) electrons. The normalized spacial score (nSPS) is 15.7. The van der Waals surface area contributed by atoms with E-state index in [0.29, 0.717) is 24.0 Å². The predicted molar refractivity (Wildman–Crippen MR) is 102 cm³/mol. The summed E-state index contributed by atoms with van der Waals surface area (Å²) in [5, 5.41) is 0. The van der Waals surface area contributed by atoms with E-state index in [9.17, 15) is 35.9 Å². The number of hydroxylamine groups is 1. The largest absolute Gasteiger partial charge is 0.421 e. The number of aromatic nitrogens is 3. The van der Waals surface area contributed by atoms with Crippen molar-refractivity contribution < 1.29 is 36.0 Å². The lowest BCUT2D eigenvalue weighted by atomic mass is 10.1. The first-order valence-corrected chi connectivity index (χ1v) is 9.45. The summed E-state index contributed by atoms with van der Waals surface area (Å²) in [6.45, 7) is 1.78. The number of anilines is 1. The van der Waals surface area contributed by atoms with Crippen molar-refractivity contribution in [1.82, 2.24) is 20.4 Å². The molecule has 0 unspecified atom stereocenters. The molecule has 0 aliphatic carbocycles. The number of H-pyrrole nitrogens is 1. The Labute approximate surface area is 182 Å². The maximum Gasteiger partial charge on any atom is 0.421 e. The molecule has 14 heteroatoms. The quantitative estimate of drug-likeness (QED) is 0.507. The van der Waals surface area contributed by atoms with Gasteiger partial charge in [-0.2, -0.15) is 26.3 Å². The molecule has 33 heavy (non-hydrogen) atoms. The Hall–Kier alpha value is -3.42. The van der Waals surface area contributed by atoms with E-state index < -0.39 is 41.0 Å². The second kappa shape index (κ2) is 9.21. The van der Waals surface area contributed by atoms with Gasteiger partial charge >= 0.3 is 12.4 Å². The molecule has 0 saturated heterocycles. The van der Waals surface area contributed by atoms with Crippen molar-refractivity contribution in [3.05, 3.63) is 63.4 Å². The number of carbonyl (C=O) groups excluding carboxylic acids is 1. The summed E-state index contributed by atoms with van der Waals surface area (Å²) in [5.74, 6) is -0.558. The van der Waals surface area contributed by atoms with E-state index in [1.54, 1.807) is 4.90 Å². The molecule has 2 aromatic heterocycles. The Kier molecular flexibility index (Phi) is 6.76. The van der Waals surface area contributed by atoms with E-state index in [0.717, 1.165) is 6.20 Å². The van der Waals surface area contributed by atoms with Crippen molar-refractivity contribution in [2.24, 2.45) is 0 Å². The Bertz CT molecular complexity index is 1090. The second-order valence-corrected chi connectivity index (χ2v) is 7.06. The lowest BCUT2D eigenvalue weighted by Crippen LogP contribution is -2.35. The van der Waals surface area contributed by atoms with Gasteiger partial charge in [0, 0.05) is 42.8 Å². The molecule has 1 aliphatic heterocycles. The van der Waals surface area contributed by atoms with Crippen LogP contribution >= 0.6 is 0 Å². The van der Waals surface area contributed by atoms with Crippen LogP contribution in [-0.2, 0) is 22.0 Å². The Morgan fingerprint density at radius 1 is 1.18 bits per heavy atom. The maximum atomic E-state index is 12.9. The highest BCUT2D eigenvalue weighted by Gasteiger charge is 2.35. The molecule has 1 amide bonds. The minimum atomic E-state index is -4.85. The molecule has 0 spiro atoms. The molecule has 8 nitrogen and oxygen atoms in total. The van der Waals surface area contributed by atoms with E-state index in [1.807, 2.05) is 4.98 Å². The van der Waals surface area contributed by atoms with Crippen molar-refractivity contribution in [1.29, 1.82) is 0 Å². The van der Waals surface area contributed by atoms with Crippen LogP contribution in [0.15, 0.2) is 41.1 Å². The molecule has 2 aromatic rings. The summed E-state index contributed by atoms with van der Waals surface area (Å²) in [6.07, 6.45) is -6.30. The maximum absolute atomic E-state index is 12.9. The van der Waals surface area contributed by atoms with Crippen LogP contribution in [0.3, 0.4) is 0 Å². The van der Waals surface area contributed by atoms with Gasteiger partial charge in [0.05, 0.1) is 5.56 Å². The van der Waals surface area contributed by atoms with E-state index >= 15 is 0 Å². The van der Waals surface area contributed by atoms with Crippen LogP contribution in [0, 0.1) is 0 Å². The van der Waals surface area contributed by atoms with Gasteiger partial charge < -0.3 is 9.88 Å². The number of nitrogens with one attached hydrogen (secondary N) is 2. The summed E-state index contributed by atoms with van der Waals surface area (Å²) >= 11 is 0. The standard InChI is InChI=1S/C19H17F6N5O3/c1-10(12-6-14(19(23,24)25)16(32)26-7-12)33-29-15(31)11-2-4-30(5-3-11)17-27-8-13(9-28-17)18(20,21)22/h2,6-10H,3-5H2,1H3,(H,26,32)(H,29,31)/t10-/m0/s1. The number of hydrogen-bond acceptors (Lipinski definition) is 6. The van der Waals surface area contributed by atoms with Crippen LogP contribution in [0.2, 0.25) is 0 Å². The number of rotatable bonds is 5. The molecule has 178 valence electrons. The number of pyridine rings is 1. The smallest absolute Gasteiger partial charge is 0.337 e. The van der Waals surface area contributed by atoms with Crippen LogP contribution in [-0.4, -0.2) is 33.9 Å². The molecular weight excluding hydrogens is 460 g/mol. The Morgan fingerprint density at radius 2 is 1.85 bits per heavy atom. The molecular formula is C19H17F6N5O3. The topological polar surface area (TPSA) is 100 Å². The molecule has 0 aromatic carbocycles. The molecule has 3 heterocycles. The van der Waals surface area contributed by atoms with E-state index in [-0.39, 0.29) is 31.0 Å². The number of carbonyl (C=O) groups is 1. The highest BCUT2D eigenvalue weighted by atomic mass is 19.4. The number of hydrogen-bond donors (Lipinski definition) is 2. The lowest BCUT2D eigenvalue weighted by molar-refractivity contribution is -0.139. The predicted octanol–water partition coefficient (Wildman–Crippen LogP) is 3.15. The molecule has 0 fully saturated rings. The van der Waals surface area contributed by atoms with Crippen LogP contribution in [0.4, 0.5) is 32.3 Å². The van der Waals surface area contributed by atoms with Crippen LogP contribution in [0.25, 0.3) is 0 Å². The molecule has 0 saturated carbocycles. The third-order valence-corrected chi connectivity index (χ3v) is 4.78. The van der Waals surface area contributed by atoms with Crippen LogP contribution < -0.4 is 15.9 Å². The number of alkyl halides is 6. The van der Waals surface area contributed by atoms with Gasteiger partial charge in [-0.1, -0.05) is 6.08 Å². The monoisotopic (exact) mass is 477 g/mol. The van der Waals surface area contributed by atoms with E-state index in [2.05, 4.69) is 15.4 Å². The first-order valence-electron chi connectivity index (χ1n) is 9.45. The zero-order valence-corrected chi connectivity index (χ0v) is 16.9. The number of aromatic amines is 1. The number of nitrogens with zero attached hydrogens (tertiary/aromatic N) is 3. The summed E-state index contributed by atoms with van der Waals surface area (Å²) in [7, 11) is 0. The zero-order chi connectivity index (χ0) is 24.4. The number of halogens is 6. The summed E-state index contributed by atoms with van der Waals surface area (Å²) in [6, 6.07) is 0.636. The second-order valence-electron chi connectivity index (χ2n) is 7.06. The van der Waals surface area contributed by atoms with Crippen LogP contribution in [0.5, 0.6) is 0 Å². The average molecular weight is 477 g/mol. The van der Waals surface area contributed by atoms with Gasteiger partial charge in [-0.05, 0) is 19.4 Å². The third kappa shape index (κ3) is 5.88. The van der Waals surface area contributed by atoms with Crippen molar-refractivity contribution in [3.63, 3.8) is 0 Å². The number of amides is 1. The summed E-state index contributed by atoms with van der Waals surface area (Å²) in [5.41, 5.74) is -1.21. The molecule has 1 atom stereocenters. The molecule has 2 N–H and O–H groups in total. The SMILES string of the molecule is C[C@H](ONC(=O)C1=CCN(c2ncc(C(F)(F)F)cn2)CC1)c1c[nH]c(=O)c(C(F)(F)F)c1.